The second kappa shape index (κ2) is 4.46. The van der Waals surface area contributed by atoms with Gasteiger partial charge in [0.05, 0.1) is 0 Å². The van der Waals surface area contributed by atoms with Gasteiger partial charge in [0.15, 0.2) is 0 Å². The van der Waals surface area contributed by atoms with Crippen molar-refractivity contribution in [1.29, 1.82) is 0 Å². The molecule has 0 saturated heterocycles. The average molecular weight is 188 g/mol. The number of rotatable bonds is 2. The monoisotopic (exact) mass is 188 g/mol. The topological polar surface area (TPSA) is 64.3 Å². The zero-order chi connectivity index (χ0) is 10.6. The van der Waals surface area contributed by atoms with Gasteiger partial charge < -0.3 is 15.8 Å². The fourth-order valence-electron chi connectivity index (χ4n) is 0.625. The van der Waals surface area contributed by atoms with E-state index in [1.807, 2.05) is 34.6 Å². The van der Waals surface area contributed by atoms with Crippen LogP contribution in [0.1, 0.15) is 34.6 Å². The maximum Gasteiger partial charge on any atom is 0.407 e. The lowest BCUT2D eigenvalue weighted by atomic mass is 10.2. The maximum atomic E-state index is 11.2. The molecule has 78 valence electrons. The predicted octanol–water partition coefficient (Wildman–Crippen LogP) is 1.25. The number of hydrogen-bond acceptors (Lipinski definition) is 3. The second-order valence-electron chi connectivity index (χ2n) is 4.29. The summed E-state index contributed by atoms with van der Waals surface area (Å²) in [5.74, 6) is 0. The highest BCUT2D eigenvalue weighted by Gasteiger charge is 2.18. The van der Waals surface area contributed by atoms with E-state index < -0.39 is 11.7 Å². The third kappa shape index (κ3) is 6.40. The van der Waals surface area contributed by atoms with Crippen molar-refractivity contribution >= 4 is 6.09 Å². The van der Waals surface area contributed by atoms with E-state index in [4.69, 9.17) is 10.5 Å². The fraction of sp³-hybridized carbons (Fsp3) is 0.889. The molecule has 13 heavy (non-hydrogen) atoms. The van der Waals surface area contributed by atoms with E-state index in [2.05, 4.69) is 5.32 Å². The number of nitrogens with one attached hydrogen (secondary N) is 1. The molecular formula is C9H20N2O2. The van der Waals surface area contributed by atoms with Gasteiger partial charge in [-0.3, -0.25) is 0 Å². The van der Waals surface area contributed by atoms with Gasteiger partial charge in [-0.25, -0.2) is 4.79 Å². The van der Waals surface area contributed by atoms with Crippen LogP contribution in [0.25, 0.3) is 0 Å². The Hall–Kier alpha value is -0.770. The lowest BCUT2D eigenvalue weighted by molar-refractivity contribution is 0.0503. The smallest absolute Gasteiger partial charge is 0.407 e. The molecule has 0 saturated carbocycles. The van der Waals surface area contributed by atoms with Crippen LogP contribution in [0.4, 0.5) is 4.79 Å². The third-order valence-corrected chi connectivity index (χ3v) is 1.53. The summed E-state index contributed by atoms with van der Waals surface area (Å²) in [6.07, 6.45) is -0.419. The van der Waals surface area contributed by atoms with Crippen LogP contribution in [-0.2, 0) is 4.74 Å². The Balaban J connectivity index is 3.89. The van der Waals surface area contributed by atoms with Gasteiger partial charge in [-0.05, 0) is 34.6 Å². The Morgan fingerprint density at radius 3 is 2.15 bits per heavy atom. The number of alkyl carbamates (subject to hydrolysis) is 1. The molecule has 0 aliphatic carbocycles. The molecular weight excluding hydrogens is 168 g/mol. The van der Waals surface area contributed by atoms with Gasteiger partial charge in [-0.1, -0.05) is 0 Å². The molecule has 0 aromatic carbocycles. The van der Waals surface area contributed by atoms with Gasteiger partial charge >= 0.3 is 6.09 Å². The minimum absolute atomic E-state index is 0.0742. The Bertz CT molecular complexity index is 173. The van der Waals surface area contributed by atoms with Gasteiger partial charge in [0.1, 0.15) is 5.60 Å². The molecule has 0 rings (SSSR count). The second-order valence-corrected chi connectivity index (χ2v) is 4.29. The first-order valence-electron chi connectivity index (χ1n) is 4.47. The van der Waals surface area contributed by atoms with Crippen LogP contribution in [0.15, 0.2) is 0 Å². The van der Waals surface area contributed by atoms with E-state index in [1.165, 1.54) is 0 Å². The number of carbonyl (C=O) groups is 1. The van der Waals surface area contributed by atoms with Crippen LogP contribution in [0, 0.1) is 0 Å². The molecule has 3 N–H and O–H groups in total. The van der Waals surface area contributed by atoms with Gasteiger partial charge in [0.25, 0.3) is 0 Å². The van der Waals surface area contributed by atoms with Crippen molar-refractivity contribution in [1.82, 2.24) is 5.32 Å². The summed E-state index contributed by atoms with van der Waals surface area (Å²) < 4.78 is 5.05. The summed E-state index contributed by atoms with van der Waals surface area (Å²) >= 11 is 0. The van der Waals surface area contributed by atoms with Crippen molar-refractivity contribution in [2.24, 2.45) is 5.73 Å². The van der Waals surface area contributed by atoms with Crippen LogP contribution >= 0.6 is 0 Å². The van der Waals surface area contributed by atoms with Gasteiger partial charge in [-0.2, -0.15) is 0 Å². The number of nitrogens with two attached hydrogens (primary N) is 1. The molecule has 4 nitrogen and oxygen atoms in total. The molecule has 0 fully saturated rings. The summed E-state index contributed by atoms with van der Waals surface area (Å²) in [4.78, 5) is 11.2. The quantitative estimate of drug-likeness (QED) is 0.685. The summed E-state index contributed by atoms with van der Waals surface area (Å²) in [6, 6.07) is -0.151. The first kappa shape index (κ1) is 12.2. The molecule has 0 aliphatic heterocycles. The number of hydrogen-bond donors (Lipinski definition) is 2. The lowest BCUT2D eigenvalue weighted by Crippen LogP contribution is -2.45. The molecule has 0 spiro atoms. The number of carbonyl (C=O) groups excluding carboxylic acids is 1. The van der Waals surface area contributed by atoms with Gasteiger partial charge in [0.2, 0.25) is 0 Å². The molecule has 0 aromatic heterocycles. The van der Waals surface area contributed by atoms with Crippen LogP contribution in [0.5, 0.6) is 0 Å². The van der Waals surface area contributed by atoms with E-state index in [-0.39, 0.29) is 12.1 Å². The number of ether oxygens (including phenoxy) is 1. The molecule has 0 heterocycles. The van der Waals surface area contributed by atoms with E-state index in [9.17, 15) is 4.79 Å². The summed E-state index contributed by atoms with van der Waals surface area (Å²) in [6.45, 7) is 9.14. The lowest BCUT2D eigenvalue weighted by Gasteiger charge is -2.23. The molecule has 2 atom stereocenters. The van der Waals surface area contributed by atoms with Crippen molar-refractivity contribution in [3.05, 3.63) is 0 Å². The molecule has 0 aliphatic rings. The van der Waals surface area contributed by atoms with Crippen LogP contribution < -0.4 is 11.1 Å². The first-order chi connectivity index (χ1) is 5.72. The Kier molecular flexibility index (Phi) is 4.20. The van der Waals surface area contributed by atoms with Crippen molar-refractivity contribution in [2.75, 3.05) is 0 Å². The van der Waals surface area contributed by atoms with Crippen molar-refractivity contribution < 1.29 is 9.53 Å². The molecule has 0 radical (unpaired) electrons. The van der Waals surface area contributed by atoms with Crippen LogP contribution in [0.3, 0.4) is 0 Å². The first-order valence-corrected chi connectivity index (χ1v) is 4.47. The molecule has 0 bridgehead atoms. The van der Waals surface area contributed by atoms with Gasteiger partial charge in [-0.15, -0.1) is 0 Å². The minimum atomic E-state index is -0.457. The van der Waals surface area contributed by atoms with E-state index in [0.717, 1.165) is 0 Å². The van der Waals surface area contributed by atoms with E-state index in [0.29, 0.717) is 0 Å². The van der Waals surface area contributed by atoms with Gasteiger partial charge in [0, 0.05) is 12.1 Å². The van der Waals surface area contributed by atoms with E-state index >= 15 is 0 Å². The molecule has 4 heteroatoms. The Labute approximate surface area is 79.8 Å². The Morgan fingerprint density at radius 2 is 1.85 bits per heavy atom. The fourth-order valence-corrected chi connectivity index (χ4v) is 0.625. The zero-order valence-corrected chi connectivity index (χ0v) is 9.05. The largest absolute Gasteiger partial charge is 0.444 e. The Morgan fingerprint density at radius 1 is 1.38 bits per heavy atom. The van der Waals surface area contributed by atoms with Crippen molar-refractivity contribution in [2.45, 2.75) is 52.3 Å². The predicted molar refractivity (Wildman–Crippen MR) is 52.5 cm³/mol. The average Bonchev–Trinajstić information content (AvgIpc) is 1.81. The summed E-state index contributed by atoms with van der Waals surface area (Å²) in [5, 5.41) is 2.65. The SMILES string of the molecule is C[C@H](N)[C@H](C)NC(=O)OC(C)(C)C. The standard InChI is InChI=1S/C9H20N2O2/c1-6(10)7(2)11-8(12)13-9(3,4)5/h6-7H,10H2,1-5H3,(H,11,12)/t6-,7-/m0/s1. The third-order valence-electron chi connectivity index (χ3n) is 1.53. The number of amides is 1. The van der Waals surface area contributed by atoms with Crippen molar-refractivity contribution in [3.63, 3.8) is 0 Å². The summed E-state index contributed by atoms with van der Waals surface area (Å²) in [7, 11) is 0. The van der Waals surface area contributed by atoms with E-state index in [1.54, 1.807) is 0 Å². The molecule has 1 amide bonds. The highest BCUT2D eigenvalue weighted by Crippen LogP contribution is 2.06. The summed E-state index contributed by atoms with van der Waals surface area (Å²) in [5.41, 5.74) is 5.12. The highest BCUT2D eigenvalue weighted by atomic mass is 16.6. The maximum absolute atomic E-state index is 11.2. The zero-order valence-electron chi connectivity index (χ0n) is 9.05. The van der Waals surface area contributed by atoms with Crippen LogP contribution in [0.2, 0.25) is 0 Å². The molecule has 0 unspecified atom stereocenters. The van der Waals surface area contributed by atoms with Crippen molar-refractivity contribution in [3.8, 4) is 0 Å². The minimum Gasteiger partial charge on any atom is -0.444 e. The highest BCUT2D eigenvalue weighted by molar-refractivity contribution is 5.68. The molecule has 0 aromatic rings. The van der Waals surface area contributed by atoms with Crippen LogP contribution in [-0.4, -0.2) is 23.8 Å². The normalized spacial score (nSPS) is 16.2.